The van der Waals surface area contributed by atoms with E-state index in [1.54, 1.807) is 6.26 Å². The minimum Gasteiger partial charge on any atom is -0.467 e. The summed E-state index contributed by atoms with van der Waals surface area (Å²) in [6.45, 7) is 1.61. The van der Waals surface area contributed by atoms with Crippen molar-refractivity contribution in [1.82, 2.24) is 5.32 Å². The summed E-state index contributed by atoms with van der Waals surface area (Å²) in [7, 11) is 0. The van der Waals surface area contributed by atoms with E-state index in [2.05, 4.69) is 5.32 Å². The van der Waals surface area contributed by atoms with Crippen molar-refractivity contribution in [3.8, 4) is 0 Å². The number of furan rings is 1. The van der Waals surface area contributed by atoms with Crippen LogP contribution in [0.1, 0.15) is 50.7 Å². The number of carbonyl (C=O) groups excluding carboxylic acids is 1. The summed E-state index contributed by atoms with van der Waals surface area (Å²) < 4.78 is 10.6. The van der Waals surface area contributed by atoms with Gasteiger partial charge in [0, 0.05) is 13.2 Å². The van der Waals surface area contributed by atoms with Gasteiger partial charge in [-0.2, -0.15) is 0 Å². The highest BCUT2D eigenvalue weighted by molar-refractivity contribution is 5.76. The van der Waals surface area contributed by atoms with Gasteiger partial charge < -0.3 is 19.6 Å². The molecule has 1 aromatic heterocycles. The van der Waals surface area contributed by atoms with Gasteiger partial charge in [-0.1, -0.05) is 19.3 Å². The Hall–Kier alpha value is -1.33. The van der Waals surface area contributed by atoms with Crippen molar-refractivity contribution in [2.75, 3.05) is 13.2 Å². The van der Waals surface area contributed by atoms with Crippen LogP contribution in [0, 0.1) is 0 Å². The molecular formula is C16H25NO4. The summed E-state index contributed by atoms with van der Waals surface area (Å²) in [5.41, 5.74) is -0.780. The van der Waals surface area contributed by atoms with Gasteiger partial charge in [-0.15, -0.1) is 0 Å². The van der Waals surface area contributed by atoms with Crippen molar-refractivity contribution in [3.05, 3.63) is 24.2 Å². The zero-order valence-electron chi connectivity index (χ0n) is 12.5. The van der Waals surface area contributed by atoms with Crippen LogP contribution in [-0.4, -0.2) is 29.8 Å². The average molecular weight is 295 g/mol. The number of amides is 1. The number of rotatable bonds is 8. The van der Waals surface area contributed by atoms with E-state index in [-0.39, 0.29) is 12.3 Å². The van der Waals surface area contributed by atoms with Crippen molar-refractivity contribution >= 4 is 5.91 Å². The van der Waals surface area contributed by atoms with Gasteiger partial charge in [0.2, 0.25) is 5.91 Å². The molecule has 0 aromatic carbocycles. The Labute approximate surface area is 125 Å². The molecular weight excluding hydrogens is 270 g/mol. The Kier molecular flexibility index (Phi) is 6.26. The van der Waals surface area contributed by atoms with Crippen LogP contribution >= 0.6 is 0 Å². The first-order chi connectivity index (χ1) is 10.2. The number of nitrogens with one attached hydrogen (secondary N) is 1. The fourth-order valence-corrected chi connectivity index (χ4v) is 2.72. The third kappa shape index (κ3) is 5.89. The predicted octanol–water partition coefficient (Wildman–Crippen LogP) is 2.39. The molecule has 1 fully saturated rings. The Balaban J connectivity index is 1.51. The molecule has 1 heterocycles. The highest BCUT2D eigenvalue weighted by Gasteiger charge is 2.31. The van der Waals surface area contributed by atoms with Crippen LogP contribution in [0.4, 0.5) is 0 Å². The maximum atomic E-state index is 11.8. The van der Waals surface area contributed by atoms with E-state index >= 15 is 0 Å². The summed E-state index contributed by atoms with van der Waals surface area (Å²) in [5, 5.41) is 13.1. The fraction of sp³-hybridized carbons (Fsp3) is 0.688. The fourth-order valence-electron chi connectivity index (χ4n) is 2.72. The molecule has 0 radical (unpaired) electrons. The highest BCUT2D eigenvalue weighted by atomic mass is 16.5. The van der Waals surface area contributed by atoms with Crippen LogP contribution in [0.25, 0.3) is 0 Å². The van der Waals surface area contributed by atoms with Gasteiger partial charge in [0.25, 0.3) is 0 Å². The molecule has 0 atom stereocenters. The molecule has 1 amide bonds. The molecule has 0 spiro atoms. The Bertz CT molecular complexity index is 410. The van der Waals surface area contributed by atoms with Gasteiger partial charge in [-0.05, 0) is 31.4 Å². The molecule has 118 valence electrons. The highest BCUT2D eigenvalue weighted by Crippen LogP contribution is 2.30. The van der Waals surface area contributed by atoms with Crippen LogP contribution in [0.3, 0.4) is 0 Å². The van der Waals surface area contributed by atoms with Gasteiger partial charge in [-0.25, -0.2) is 0 Å². The number of aliphatic hydroxyl groups is 1. The lowest BCUT2D eigenvalue weighted by molar-refractivity contribution is -0.127. The van der Waals surface area contributed by atoms with Crippen LogP contribution in [0.15, 0.2) is 22.8 Å². The Morgan fingerprint density at radius 3 is 2.90 bits per heavy atom. The second kappa shape index (κ2) is 8.20. The van der Waals surface area contributed by atoms with Gasteiger partial charge in [-0.3, -0.25) is 4.79 Å². The average Bonchev–Trinajstić information content (AvgIpc) is 2.96. The van der Waals surface area contributed by atoms with Gasteiger partial charge >= 0.3 is 0 Å². The molecule has 2 N–H and O–H groups in total. The molecule has 5 nitrogen and oxygen atoms in total. The second-order valence-electron chi connectivity index (χ2n) is 5.80. The third-order valence-electron chi connectivity index (χ3n) is 3.89. The molecule has 1 aliphatic carbocycles. The number of hydrogen-bond donors (Lipinski definition) is 2. The largest absolute Gasteiger partial charge is 0.467 e. The summed E-state index contributed by atoms with van der Waals surface area (Å²) in [5.74, 6) is 0.740. The first kappa shape index (κ1) is 16.0. The van der Waals surface area contributed by atoms with E-state index in [9.17, 15) is 9.90 Å². The molecule has 1 aromatic rings. The lowest BCUT2D eigenvalue weighted by atomic mass is 9.82. The zero-order valence-corrected chi connectivity index (χ0v) is 12.5. The molecule has 5 heteroatoms. The van der Waals surface area contributed by atoms with E-state index < -0.39 is 5.60 Å². The molecule has 2 rings (SSSR count). The molecule has 0 aliphatic heterocycles. The lowest BCUT2D eigenvalue weighted by Crippen LogP contribution is -2.38. The molecule has 1 saturated carbocycles. The minimum atomic E-state index is -0.780. The SMILES string of the molecule is O=C(CC1(O)CCCCC1)NCCCOCc1ccco1. The summed E-state index contributed by atoms with van der Waals surface area (Å²) >= 11 is 0. The summed E-state index contributed by atoms with van der Waals surface area (Å²) in [6.07, 6.45) is 7.28. The molecule has 0 unspecified atom stereocenters. The van der Waals surface area contributed by atoms with Crippen molar-refractivity contribution in [2.24, 2.45) is 0 Å². The Morgan fingerprint density at radius 2 is 2.19 bits per heavy atom. The Morgan fingerprint density at radius 1 is 1.38 bits per heavy atom. The first-order valence-electron chi connectivity index (χ1n) is 7.77. The van der Waals surface area contributed by atoms with Gasteiger partial charge in [0.05, 0.1) is 18.3 Å². The van der Waals surface area contributed by atoms with E-state index in [1.807, 2.05) is 12.1 Å². The van der Waals surface area contributed by atoms with E-state index in [1.165, 1.54) is 0 Å². The van der Waals surface area contributed by atoms with Crippen molar-refractivity contribution in [3.63, 3.8) is 0 Å². The number of hydrogen-bond acceptors (Lipinski definition) is 4. The number of carbonyl (C=O) groups is 1. The van der Waals surface area contributed by atoms with Crippen molar-refractivity contribution < 1.29 is 19.1 Å². The smallest absolute Gasteiger partial charge is 0.222 e. The van der Waals surface area contributed by atoms with Crippen molar-refractivity contribution in [2.45, 2.75) is 57.2 Å². The van der Waals surface area contributed by atoms with E-state index in [0.29, 0.717) is 19.8 Å². The second-order valence-corrected chi connectivity index (χ2v) is 5.80. The maximum Gasteiger partial charge on any atom is 0.222 e. The predicted molar refractivity (Wildman–Crippen MR) is 78.6 cm³/mol. The van der Waals surface area contributed by atoms with Crippen LogP contribution in [0.5, 0.6) is 0 Å². The van der Waals surface area contributed by atoms with Crippen molar-refractivity contribution in [1.29, 1.82) is 0 Å². The topological polar surface area (TPSA) is 71.7 Å². The normalized spacial score (nSPS) is 17.6. The number of ether oxygens (including phenoxy) is 1. The third-order valence-corrected chi connectivity index (χ3v) is 3.89. The zero-order chi connectivity index (χ0) is 15.0. The standard InChI is InChI=1S/C16H25NO4/c18-15(12-16(19)7-2-1-3-8-16)17-9-5-10-20-13-14-6-4-11-21-14/h4,6,11,19H,1-3,5,7-10,12-13H2,(H,17,18). The van der Waals surface area contributed by atoms with Gasteiger partial charge in [0.1, 0.15) is 12.4 Å². The molecule has 1 aliphatic rings. The van der Waals surface area contributed by atoms with Crippen LogP contribution < -0.4 is 5.32 Å². The molecule has 0 saturated heterocycles. The molecule has 21 heavy (non-hydrogen) atoms. The summed E-state index contributed by atoms with van der Waals surface area (Å²) in [4.78, 5) is 11.8. The summed E-state index contributed by atoms with van der Waals surface area (Å²) in [6, 6.07) is 3.70. The monoisotopic (exact) mass is 295 g/mol. The van der Waals surface area contributed by atoms with Crippen LogP contribution in [0.2, 0.25) is 0 Å². The molecule has 0 bridgehead atoms. The lowest BCUT2D eigenvalue weighted by Gasteiger charge is -2.31. The van der Waals surface area contributed by atoms with Crippen LogP contribution in [-0.2, 0) is 16.1 Å². The van der Waals surface area contributed by atoms with E-state index in [4.69, 9.17) is 9.15 Å². The quantitative estimate of drug-likeness (QED) is 0.722. The van der Waals surface area contributed by atoms with Gasteiger partial charge in [0.15, 0.2) is 0 Å². The van der Waals surface area contributed by atoms with E-state index in [0.717, 1.165) is 44.3 Å². The maximum absolute atomic E-state index is 11.8. The minimum absolute atomic E-state index is 0.0644. The first-order valence-corrected chi connectivity index (χ1v) is 7.77.